The summed E-state index contributed by atoms with van der Waals surface area (Å²) >= 11 is 0. The zero-order chi connectivity index (χ0) is 15.6. The van der Waals surface area contributed by atoms with Crippen LogP contribution in [0.15, 0.2) is 23.1 Å². The van der Waals surface area contributed by atoms with Gasteiger partial charge in [0.25, 0.3) is 0 Å². The smallest absolute Gasteiger partial charge is 0.242 e. The van der Waals surface area contributed by atoms with E-state index in [4.69, 9.17) is 11.0 Å². The van der Waals surface area contributed by atoms with Gasteiger partial charge in [-0.05, 0) is 49.3 Å². The van der Waals surface area contributed by atoms with E-state index in [0.717, 1.165) is 19.3 Å². The summed E-state index contributed by atoms with van der Waals surface area (Å²) in [6, 6.07) is 6.12. The van der Waals surface area contributed by atoms with E-state index in [9.17, 15) is 8.42 Å². The Morgan fingerprint density at radius 3 is 2.62 bits per heavy atom. The third-order valence-electron chi connectivity index (χ3n) is 4.33. The molecule has 114 valence electrons. The maximum absolute atomic E-state index is 12.5. The van der Waals surface area contributed by atoms with Crippen LogP contribution in [-0.2, 0) is 10.0 Å². The highest BCUT2D eigenvalue weighted by atomic mass is 32.2. The summed E-state index contributed by atoms with van der Waals surface area (Å²) in [5.74, 6) is 1.12. The second kappa shape index (κ2) is 6.04. The van der Waals surface area contributed by atoms with E-state index in [1.54, 1.807) is 0 Å². The highest BCUT2D eigenvalue weighted by molar-refractivity contribution is 7.89. The van der Waals surface area contributed by atoms with E-state index < -0.39 is 10.0 Å². The maximum Gasteiger partial charge on any atom is 0.242 e. The van der Waals surface area contributed by atoms with E-state index in [0.29, 0.717) is 17.5 Å². The molecule has 0 amide bonds. The average molecular weight is 307 g/mol. The van der Waals surface area contributed by atoms with Crippen molar-refractivity contribution in [1.82, 2.24) is 4.72 Å². The number of nitrogens with two attached hydrogens (primary N) is 1. The normalized spacial score (nSPS) is 26.2. The topological polar surface area (TPSA) is 96.0 Å². The molecule has 1 aromatic carbocycles. The lowest BCUT2D eigenvalue weighted by molar-refractivity contribution is 0.242. The lowest BCUT2D eigenvalue weighted by Gasteiger charge is -2.32. The van der Waals surface area contributed by atoms with Gasteiger partial charge in [0.2, 0.25) is 10.0 Å². The van der Waals surface area contributed by atoms with Crippen molar-refractivity contribution in [2.75, 3.05) is 5.73 Å². The van der Waals surface area contributed by atoms with Gasteiger partial charge in [-0.2, -0.15) is 5.26 Å². The van der Waals surface area contributed by atoms with Gasteiger partial charge in [-0.25, -0.2) is 13.1 Å². The Hall–Kier alpha value is -1.58. The van der Waals surface area contributed by atoms with Gasteiger partial charge in [-0.3, -0.25) is 0 Å². The molecule has 1 aliphatic carbocycles. The van der Waals surface area contributed by atoms with E-state index in [-0.39, 0.29) is 16.5 Å². The lowest BCUT2D eigenvalue weighted by Crippen LogP contribution is -2.40. The van der Waals surface area contributed by atoms with E-state index in [1.165, 1.54) is 18.2 Å². The minimum atomic E-state index is -3.69. The Balaban J connectivity index is 2.22. The summed E-state index contributed by atoms with van der Waals surface area (Å²) in [4.78, 5) is 0.00507. The summed E-state index contributed by atoms with van der Waals surface area (Å²) in [7, 11) is -3.69. The van der Waals surface area contributed by atoms with Crippen LogP contribution in [0, 0.1) is 23.2 Å². The summed E-state index contributed by atoms with van der Waals surface area (Å²) < 4.78 is 27.7. The van der Waals surface area contributed by atoms with Gasteiger partial charge in [0.1, 0.15) is 6.07 Å². The van der Waals surface area contributed by atoms with Crippen LogP contribution >= 0.6 is 0 Å². The minimum Gasteiger partial charge on any atom is -0.399 e. The van der Waals surface area contributed by atoms with Crippen LogP contribution in [0.25, 0.3) is 0 Å². The quantitative estimate of drug-likeness (QED) is 0.837. The van der Waals surface area contributed by atoms with E-state index in [2.05, 4.69) is 18.6 Å². The minimum absolute atomic E-state index is 0.00507. The molecule has 5 nitrogen and oxygen atoms in total. The third kappa shape index (κ3) is 3.55. The Bertz CT molecular complexity index is 664. The van der Waals surface area contributed by atoms with Crippen LogP contribution < -0.4 is 10.5 Å². The Morgan fingerprint density at radius 2 is 2.00 bits per heavy atom. The Labute approximate surface area is 126 Å². The van der Waals surface area contributed by atoms with Crippen molar-refractivity contribution >= 4 is 15.7 Å². The zero-order valence-corrected chi connectivity index (χ0v) is 13.2. The molecule has 1 fully saturated rings. The number of anilines is 1. The summed E-state index contributed by atoms with van der Waals surface area (Å²) in [6.07, 6.45) is 2.68. The molecule has 3 atom stereocenters. The molecule has 1 aromatic rings. The molecular formula is C15H21N3O2S. The van der Waals surface area contributed by atoms with Gasteiger partial charge in [0.15, 0.2) is 0 Å². The molecule has 0 heterocycles. The van der Waals surface area contributed by atoms with Crippen LogP contribution in [0.5, 0.6) is 0 Å². The summed E-state index contributed by atoms with van der Waals surface area (Å²) in [5.41, 5.74) is 6.06. The molecule has 6 heteroatoms. The Morgan fingerprint density at radius 1 is 1.29 bits per heavy atom. The average Bonchev–Trinajstić information content (AvgIpc) is 2.42. The highest BCUT2D eigenvalue weighted by Crippen LogP contribution is 2.30. The predicted octanol–water partition coefficient (Wildman–Crippen LogP) is 2.24. The molecule has 0 aromatic heterocycles. The number of nitrogens with zero attached hydrogens (tertiary/aromatic N) is 1. The number of nitrogens with one attached hydrogen (secondary N) is 1. The number of nitriles is 1. The third-order valence-corrected chi connectivity index (χ3v) is 5.91. The zero-order valence-electron chi connectivity index (χ0n) is 12.3. The number of hydrogen-bond donors (Lipinski definition) is 2. The monoisotopic (exact) mass is 307 g/mol. The van der Waals surface area contributed by atoms with Crippen molar-refractivity contribution in [3.63, 3.8) is 0 Å². The molecule has 0 radical (unpaired) electrons. The van der Waals surface area contributed by atoms with Crippen molar-refractivity contribution in [3.05, 3.63) is 23.8 Å². The molecule has 0 aliphatic heterocycles. The second-order valence-corrected chi connectivity index (χ2v) is 7.64. The number of benzene rings is 1. The molecule has 3 unspecified atom stereocenters. The number of hydrogen-bond acceptors (Lipinski definition) is 4. The highest BCUT2D eigenvalue weighted by Gasteiger charge is 2.29. The SMILES string of the molecule is CC1CCC(NS(=O)(=O)c2ccc(N)cc2C#N)CC1C. The van der Waals surface area contributed by atoms with Crippen LogP contribution in [0.4, 0.5) is 5.69 Å². The fourth-order valence-electron chi connectivity index (χ4n) is 2.81. The first-order valence-electron chi connectivity index (χ1n) is 7.15. The van der Waals surface area contributed by atoms with Gasteiger partial charge in [-0.15, -0.1) is 0 Å². The van der Waals surface area contributed by atoms with Crippen molar-refractivity contribution < 1.29 is 8.42 Å². The van der Waals surface area contributed by atoms with Crippen molar-refractivity contribution in [1.29, 1.82) is 5.26 Å². The first kappa shape index (κ1) is 15.8. The lowest BCUT2D eigenvalue weighted by atomic mass is 9.79. The van der Waals surface area contributed by atoms with Crippen LogP contribution in [0.2, 0.25) is 0 Å². The molecule has 2 rings (SSSR count). The molecule has 3 N–H and O–H groups in total. The van der Waals surface area contributed by atoms with Crippen LogP contribution in [0.1, 0.15) is 38.7 Å². The fraction of sp³-hybridized carbons (Fsp3) is 0.533. The van der Waals surface area contributed by atoms with Crippen LogP contribution in [-0.4, -0.2) is 14.5 Å². The molecule has 1 aliphatic rings. The van der Waals surface area contributed by atoms with Gasteiger partial charge >= 0.3 is 0 Å². The predicted molar refractivity (Wildman–Crippen MR) is 81.9 cm³/mol. The molecule has 0 saturated heterocycles. The van der Waals surface area contributed by atoms with Gasteiger partial charge in [-0.1, -0.05) is 13.8 Å². The summed E-state index contributed by atoms with van der Waals surface area (Å²) in [6.45, 7) is 4.35. The standard InChI is InChI=1S/C15H21N3O2S/c1-10-3-5-14(7-11(10)2)18-21(19,20)15-6-4-13(17)8-12(15)9-16/h4,6,8,10-11,14,18H,3,5,7,17H2,1-2H3. The van der Waals surface area contributed by atoms with Gasteiger partial charge < -0.3 is 5.73 Å². The fourth-order valence-corrected chi connectivity index (χ4v) is 4.23. The number of rotatable bonds is 3. The molecule has 0 bridgehead atoms. The van der Waals surface area contributed by atoms with E-state index in [1.807, 2.05) is 6.07 Å². The van der Waals surface area contributed by atoms with Crippen molar-refractivity contribution in [2.24, 2.45) is 11.8 Å². The van der Waals surface area contributed by atoms with Crippen molar-refractivity contribution in [2.45, 2.75) is 44.0 Å². The second-order valence-electron chi connectivity index (χ2n) is 5.95. The molecule has 21 heavy (non-hydrogen) atoms. The van der Waals surface area contributed by atoms with Gasteiger partial charge in [0.05, 0.1) is 10.5 Å². The van der Waals surface area contributed by atoms with Gasteiger partial charge in [0, 0.05) is 11.7 Å². The maximum atomic E-state index is 12.5. The first-order valence-corrected chi connectivity index (χ1v) is 8.63. The Kier molecular flexibility index (Phi) is 4.55. The van der Waals surface area contributed by atoms with Crippen molar-refractivity contribution in [3.8, 4) is 6.07 Å². The first-order chi connectivity index (χ1) is 9.83. The molecule has 0 spiro atoms. The summed E-state index contributed by atoms with van der Waals surface area (Å²) in [5, 5.41) is 9.09. The molecule has 1 saturated carbocycles. The number of nitrogen functional groups attached to an aromatic ring is 1. The van der Waals surface area contributed by atoms with E-state index >= 15 is 0 Å². The number of sulfonamides is 1. The van der Waals surface area contributed by atoms with Crippen LogP contribution in [0.3, 0.4) is 0 Å². The molecular weight excluding hydrogens is 286 g/mol. The largest absolute Gasteiger partial charge is 0.399 e.